The van der Waals surface area contributed by atoms with E-state index in [2.05, 4.69) is 53.5 Å². The Hall–Kier alpha value is -3.19. The number of hydrogen-bond acceptors (Lipinski definition) is 6. The number of piperidine rings is 1. The molecule has 0 aliphatic carbocycles. The zero-order valence-corrected chi connectivity index (χ0v) is 20.3. The molecule has 34 heavy (non-hydrogen) atoms. The van der Waals surface area contributed by atoms with Crippen LogP contribution in [-0.4, -0.2) is 49.8 Å². The number of aromatic hydroxyl groups is 1. The summed E-state index contributed by atoms with van der Waals surface area (Å²) in [6.45, 7) is 5.60. The van der Waals surface area contributed by atoms with E-state index >= 15 is 0 Å². The molecule has 2 bridgehead atoms. The summed E-state index contributed by atoms with van der Waals surface area (Å²) in [5, 5.41) is 28.3. The van der Waals surface area contributed by atoms with Crippen molar-refractivity contribution in [2.45, 2.75) is 50.6 Å². The van der Waals surface area contributed by atoms with Gasteiger partial charge in [0.25, 0.3) is 0 Å². The third kappa shape index (κ3) is 3.50. The second kappa shape index (κ2) is 7.40. The number of rotatable bonds is 3. The van der Waals surface area contributed by atoms with Gasteiger partial charge in [0.1, 0.15) is 11.4 Å². The number of aromatic nitrogens is 4. The van der Waals surface area contributed by atoms with Crippen LogP contribution >= 0.6 is 0 Å². The van der Waals surface area contributed by atoms with E-state index in [1.807, 2.05) is 25.4 Å². The van der Waals surface area contributed by atoms with Crippen molar-refractivity contribution >= 4 is 11.3 Å². The monoisotopic (exact) mass is 456 g/mol. The third-order valence-electron chi connectivity index (χ3n) is 8.02. The predicted octanol–water partition coefficient (Wildman–Crippen LogP) is 4.39. The highest BCUT2D eigenvalue weighted by Crippen LogP contribution is 2.50. The normalized spacial score (nSPS) is 28.1. The molecule has 2 fully saturated rings. The number of nitrogens with zero attached hydrogens (tertiary/aromatic N) is 5. The molecule has 0 saturated carbocycles. The number of phenols is 1. The molecule has 7 heteroatoms. The van der Waals surface area contributed by atoms with Gasteiger partial charge < -0.3 is 15.3 Å². The van der Waals surface area contributed by atoms with Gasteiger partial charge in [-0.3, -0.25) is 4.68 Å². The molecule has 2 N–H and O–H groups in total. The van der Waals surface area contributed by atoms with E-state index in [-0.39, 0.29) is 16.8 Å². The Morgan fingerprint density at radius 3 is 2.47 bits per heavy atom. The number of benzene rings is 1. The van der Waals surface area contributed by atoms with Crippen molar-refractivity contribution in [3.05, 3.63) is 48.4 Å². The van der Waals surface area contributed by atoms with Gasteiger partial charge in [-0.15, -0.1) is 10.2 Å². The molecule has 0 spiro atoms. The van der Waals surface area contributed by atoms with E-state index < -0.39 is 0 Å². The van der Waals surface area contributed by atoms with Crippen LogP contribution in [0.4, 0.5) is 5.69 Å². The number of anilines is 1. The largest absolute Gasteiger partial charge is 0.507 e. The molecular weight excluding hydrogens is 424 g/mol. The topological polar surface area (TPSA) is 79.1 Å². The van der Waals surface area contributed by atoms with E-state index in [1.165, 1.54) is 18.4 Å². The third-order valence-corrected chi connectivity index (χ3v) is 8.02. The Bertz CT molecular complexity index is 1290. The number of phenolic OH excluding ortho intramolecular Hbond substituents is 1. The number of allylic oxidation sites excluding steroid dienone is 1. The summed E-state index contributed by atoms with van der Waals surface area (Å²) >= 11 is 0. The number of aryl methyl sites for hydroxylation is 1. The molecular formula is C27H32N6O. The van der Waals surface area contributed by atoms with Crippen LogP contribution in [0.3, 0.4) is 0 Å². The van der Waals surface area contributed by atoms with Crippen molar-refractivity contribution in [1.82, 2.24) is 25.3 Å². The second-order valence-electron chi connectivity index (χ2n) is 11.0. The summed E-state index contributed by atoms with van der Waals surface area (Å²) in [5.41, 5.74) is 7.08. The second-order valence-corrected chi connectivity index (χ2v) is 11.0. The van der Waals surface area contributed by atoms with Crippen LogP contribution in [0.2, 0.25) is 0 Å². The standard InChI is InChI=1S/C27H32N6O/c1-26-8-9-27(2,31-26)14-18(13-26)20-7-10-32(3)23-12-22(29-30-25(20)23)21-6-5-17(11-24(21)34)19-15-28-33(4)16-19/h5-7,11-12,15-16,18,31,34H,8-10,13-14H2,1-4H3/t18-,26-,27+. The van der Waals surface area contributed by atoms with Gasteiger partial charge in [0.15, 0.2) is 0 Å². The summed E-state index contributed by atoms with van der Waals surface area (Å²) in [6, 6.07) is 7.76. The molecule has 3 aliphatic rings. The Balaban J connectivity index is 1.34. The summed E-state index contributed by atoms with van der Waals surface area (Å²) in [4.78, 5) is 2.22. The van der Waals surface area contributed by atoms with E-state index in [0.29, 0.717) is 17.2 Å². The van der Waals surface area contributed by atoms with Crippen LogP contribution in [0, 0.1) is 5.92 Å². The van der Waals surface area contributed by atoms with E-state index in [4.69, 9.17) is 5.10 Å². The molecule has 0 amide bonds. The molecule has 1 aromatic carbocycles. The van der Waals surface area contributed by atoms with Crippen LogP contribution < -0.4 is 10.2 Å². The SMILES string of the molecule is CN1CC=C([C@H]2C[C@]3(C)CC[C@](C)(C2)N3)c2nnc(-c3ccc(-c4cnn(C)c4)cc3O)cc21. The Kier molecular flexibility index (Phi) is 4.65. The van der Waals surface area contributed by atoms with Crippen molar-refractivity contribution in [1.29, 1.82) is 0 Å². The van der Waals surface area contributed by atoms with Crippen molar-refractivity contribution < 1.29 is 5.11 Å². The molecule has 3 aromatic rings. The van der Waals surface area contributed by atoms with Crippen LogP contribution in [0.1, 0.15) is 45.2 Å². The lowest BCUT2D eigenvalue weighted by Crippen LogP contribution is -2.53. The van der Waals surface area contributed by atoms with Gasteiger partial charge >= 0.3 is 0 Å². The highest BCUT2D eigenvalue weighted by molar-refractivity contribution is 5.82. The van der Waals surface area contributed by atoms with Crippen molar-refractivity contribution in [2.75, 3.05) is 18.5 Å². The van der Waals surface area contributed by atoms with Gasteiger partial charge in [0, 0.05) is 49.0 Å². The van der Waals surface area contributed by atoms with Gasteiger partial charge in [0.2, 0.25) is 0 Å². The Labute approximate surface area is 200 Å². The van der Waals surface area contributed by atoms with Gasteiger partial charge in [0.05, 0.1) is 17.6 Å². The molecule has 0 radical (unpaired) electrons. The molecule has 2 saturated heterocycles. The maximum Gasteiger partial charge on any atom is 0.125 e. The van der Waals surface area contributed by atoms with Gasteiger partial charge in [-0.05, 0) is 74.8 Å². The first-order valence-electron chi connectivity index (χ1n) is 12.1. The maximum atomic E-state index is 10.8. The van der Waals surface area contributed by atoms with Crippen molar-refractivity contribution in [2.24, 2.45) is 13.0 Å². The quantitative estimate of drug-likeness (QED) is 0.608. The lowest BCUT2D eigenvalue weighted by Gasteiger charge is -2.43. The first-order valence-corrected chi connectivity index (χ1v) is 12.1. The van der Waals surface area contributed by atoms with E-state index in [9.17, 15) is 5.11 Å². The van der Waals surface area contributed by atoms with E-state index in [0.717, 1.165) is 41.9 Å². The summed E-state index contributed by atoms with van der Waals surface area (Å²) in [7, 11) is 3.98. The predicted molar refractivity (Wildman–Crippen MR) is 134 cm³/mol. The van der Waals surface area contributed by atoms with Crippen LogP contribution in [0.15, 0.2) is 42.7 Å². The Morgan fingerprint density at radius 1 is 1.03 bits per heavy atom. The highest BCUT2D eigenvalue weighted by atomic mass is 16.3. The van der Waals surface area contributed by atoms with Gasteiger partial charge in [-0.2, -0.15) is 5.10 Å². The Morgan fingerprint density at radius 2 is 1.79 bits per heavy atom. The maximum absolute atomic E-state index is 10.8. The fourth-order valence-corrected chi connectivity index (χ4v) is 6.39. The smallest absolute Gasteiger partial charge is 0.125 e. The average Bonchev–Trinajstić information content (AvgIpc) is 3.33. The lowest BCUT2D eigenvalue weighted by atomic mass is 9.75. The van der Waals surface area contributed by atoms with Crippen LogP contribution in [-0.2, 0) is 7.05 Å². The van der Waals surface area contributed by atoms with Crippen molar-refractivity contribution in [3.63, 3.8) is 0 Å². The zero-order valence-electron chi connectivity index (χ0n) is 20.3. The minimum absolute atomic E-state index is 0.195. The molecule has 6 rings (SSSR count). The van der Waals surface area contributed by atoms with Gasteiger partial charge in [-0.25, -0.2) is 0 Å². The summed E-state index contributed by atoms with van der Waals surface area (Å²) in [5.74, 6) is 0.680. The number of fused-ring (bicyclic) bond motifs is 3. The molecule has 0 unspecified atom stereocenters. The number of nitrogens with one attached hydrogen (secondary N) is 1. The first-order chi connectivity index (χ1) is 16.2. The molecule has 5 heterocycles. The zero-order chi connectivity index (χ0) is 23.7. The number of hydrogen-bond donors (Lipinski definition) is 2. The molecule has 3 aliphatic heterocycles. The number of likely N-dealkylation sites (N-methyl/N-ethyl adjacent to an activating group) is 1. The average molecular weight is 457 g/mol. The molecule has 2 aromatic heterocycles. The van der Waals surface area contributed by atoms with E-state index in [1.54, 1.807) is 16.9 Å². The van der Waals surface area contributed by atoms with Crippen LogP contribution in [0.25, 0.3) is 28.0 Å². The molecule has 3 atom stereocenters. The fraction of sp³-hybridized carbons (Fsp3) is 0.444. The summed E-state index contributed by atoms with van der Waals surface area (Å²) < 4.78 is 1.75. The lowest BCUT2D eigenvalue weighted by molar-refractivity contribution is 0.201. The first kappa shape index (κ1) is 21.4. The van der Waals surface area contributed by atoms with Gasteiger partial charge in [-0.1, -0.05) is 12.1 Å². The van der Waals surface area contributed by atoms with Crippen LogP contribution in [0.5, 0.6) is 5.75 Å². The van der Waals surface area contributed by atoms with Crippen molar-refractivity contribution in [3.8, 4) is 28.1 Å². The fourth-order valence-electron chi connectivity index (χ4n) is 6.39. The highest BCUT2D eigenvalue weighted by Gasteiger charge is 2.49. The molecule has 176 valence electrons. The molecule has 7 nitrogen and oxygen atoms in total. The summed E-state index contributed by atoms with van der Waals surface area (Å²) in [6.07, 6.45) is 10.8. The minimum atomic E-state index is 0.195. The minimum Gasteiger partial charge on any atom is -0.507 e.